The molecule has 0 unspecified atom stereocenters. The second-order valence-corrected chi connectivity index (χ2v) is 6.89. The maximum absolute atomic E-state index is 12.4. The van der Waals surface area contributed by atoms with Crippen molar-refractivity contribution in [3.05, 3.63) is 55.7 Å². The van der Waals surface area contributed by atoms with E-state index >= 15 is 0 Å². The fourth-order valence-corrected chi connectivity index (χ4v) is 2.92. The number of halogens is 1. The molecule has 8 nitrogen and oxygen atoms in total. The average Bonchev–Trinajstić information content (AvgIpc) is 2.99. The van der Waals surface area contributed by atoms with Gasteiger partial charge in [-0.2, -0.15) is 10.1 Å². The van der Waals surface area contributed by atoms with E-state index in [1.165, 1.54) is 17.2 Å². The van der Waals surface area contributed by atoms with Crippen molar-refractivity contribution < 1.29 is 0 Å². The van der Waals surface area contributed by atoms with Crippen molar-refractivity contribution in [1.82, 2.24) is 18.7 Å². The van der Waals surface area contributed by atoms with E-state index in [0.717, 1.165) is 23.1 Å². The molecule has 1 N–H and O–H groups in total. The van der Waals surface area contributed by atoms with Crippen molar-refractivity contribution in [3.63, 3.8) is 0 Å². The van der Waals surface area contributed by atoms with Crippen LogP contribution in [-0.2, 0) is 27.6 Å². The van der Waals surface area contributed by atoms with Crippen LogP contribution in [0.3, 0.4) is 0 Å². The maximum Gasteiger partial charge on any atom is 0.332 e. The fraction of sp³-hybridized carbons (Fsp3) is 0.333. The Hall–Kier alpha value is -2.87. The first kappa shape index (κ1) is 18.9. The molecule has 1 aromatic carbocycles. The van der Waals surface area contributed by atoms with Gasteiger partial charge in [0, 0.05) is 31.9 Å². The number of imidazole rings is 1. The largest absolute Gasteiger partial charge is 0.332 e. The summed E-state index contributed by atoms with van der Waals surface area (Å²) in [5.74, 6) is 0.397. The lowest BCUT2D eigenvalue weighted by atomic mass is 10.1. The van der Waals surface area contributed by atoms with Gasteiger partial charge in [-0.15, -0.1) is 0 Å². The number of aryl methyl sites for hydroxylation is 3. The summed E-state index contributed by atoms with van der Waals surface area (Å²) in [6.45, 7) is 1.92. The van der Waals surface area contributed by atoms with E-state index in [9.17, 15) is 9.59 Å². The predicted octanol–water partition coefficient (Wildman–Crippen LogP) is 2.04. The van der Waals surface area contributed by atoms with E-state index in [4.69, 9.17) is 11.6 Å². The van der Waals surface area contributed by atoms with Gasteiger partial charge >= 0.3 is 5.69 Å². The Bertz CT molecular complexity index is 1140. The maximum atomic E-state index is 12.4. The van der Waals surface area contributed by atoms with Crippen molar-refractivity contribution >= 4 is 34.4 Å². The van der Waals surface area contributed by atoms with Gasteiger partial charge in [0.25, 0.3) is 5.56 Å². The van der Waals surface area contributed by atoms with Gasteiger partial charge in [0.2, 0.25) is 5.95 Å². The number of nitrogens with zero attached hydrogens (tertiary/aromatic N) is 5. The summed E-state index contributed by atoms with van der Waals surface area (Å²) in [7, 11) is 4.74. The molecular formula is C18H21ClN6O2. The highest BCUT2D eigenvalue weighted by Gasteiger charge is 2.16. The van der Waals surface area contributed by atoms with E-state index in [2.05, 4.69) is 15.5 Å². The van der Waals surface area contributed by atoms with Crippen LogP contribution in [0.25, 0.3) is 11.2 Å². The van der Waals surface area contributed by atoms with Crippen molar-refractivity contribution in [3.8, 4) is 0 Å². The second-order valence-electron chi connectivity index (χ2n) is 6.46. The standard InChI is InChI=1S/C18H21ClN6O2/c1-11(5-6-12-7-9-13(19)10-8-12)21-22-17-20-15-14(23(17)2)16(26)25(4)18(27)24(15)3/h7-10H,5-6H2,1-4H3,(H,20,22)/b21-11-. The summed E-state index contributed by atoms with van der Waals surface area (Å²) in [5.41, 5.74) is 4.82. The molecule has 0 aliphatic carbocycles. The molecule has 0 atom stereocenters. The number of anilines is 1. The number of aromatic nitrogens is 4. The van der Waals surface area contributed by atoms with Crippen molar-refractivity contribution in [1.29, 1.82) is 0 Å². The number of hydrogen-bond acceptors (Lipinski definition) is 5. The zero-order chi connectivity index (χ0) is 19.7. The number of hydrogen-bond donors (Lipinski definition) is 1. The Kier molecular flexibility index (Phi) is 5.18. The minimum Gasteiger partial charge on any atom is -0.306 e. The summed E-state index contributed by atoms with van der Waals surface area (Å²) in [6, 6.07) is 7.72. The molecule has 0 bridgehead atoms. The molecule has 27 heavy (non-hydrogen) atoms. The number of nitrogens with one attached hydrogen (secondary N) is 1. The fourth-order valence-electron chi connectivity index (χ4n) is 2.80. The molecule has 3 rings (SSSR count). The van der Waals surface area contributed by atoms with Crippen molar-refractivity contribution in [2.45, 2.75) is 19.8 Å². The molecule has 0 spiro atoms. The third-order valence-corrected chi connectivity index (χ3v) is 4.76. The van der Waals surface area contributed by atoms with Crippen LogP contribution in [0, 0.1) is 0 Å². The molecule has 0 fully saturated rings. The molecule has 2 heterocycles. The van der Waals surface area contributed by atoms with Gasteiger partial charge in [0.05, 0.1) is 0 Å². The van der Waals surface area contributed by atoms with E-state index < -0.39 is 5.69 Å². The molecular weight excluding hydrogens is 368 g/mol. The Morgan fingerprint density at radius 1 is 1.11 bits per heavy atom. The van der Waals surface area contributed by atoms with Crippen LogP contribution in [0.1, 0.15) is 18.9 Å². The van der Waals surface area contributed by atoms with Crippen LogP contribution in [0.4, 0.5) is 5.95 Å². The van der Waals surface area contributed by atoms with Crippen LogP contribution in [0.5, 0.6) is 0 Å². The Balaban J connectivity index is 1.81. The molecule has 0 saturated carbocycles. The van der Waals surface area contributed by atoms with Gasteiger partial charge in [-0.1, -0.05) is 23.7 Å². The van der Waals surface area contributed by atoms with Gasteiger partial charge in [0.1, 0.15) is 0 Å². The highest BCUT2D eigenvalue weighted by atomic mass is 35.5. The first-order chi connectivity index (χ1) is 12.8. The van der Waals surface area contributed by atoms with E-state index in [1.807, 2.05) is 31.2 Å². The van der Waals surface area contributed by atoms with Gasteiger partial charge in [-0.25, -0.2) is 10.2 Å². The number of fused-ring (bicyclic) bond motifs is 1. The molecule has 0 aliphatic heterocycles. The minimum atomic E-state index is -0.417. The van der Waals surface area contributed by atoms with Crippen molar-refractivity contribution in [2.24, 2.45) is 26.2 Å². The quantitative estimate of drug-likeness (QED) is 0.535. The normalized spacial score (nSPS) is 12.0. The monoisotopic (exact) mass is 388 g/mol. The van der Waals surface area contributed by atoms with E-state index in [1.54, 1.807) is 18.7 Å². The van der Waals surface area contributed by atoms with Crippen molar-refractivity contribution in [2.75, 3.05) is 5.43 Å². The smallest absolute Gasteiger partial charge is 0.306 e. The van der Waals surface area contributed by atoms with Crippen LogP contribution in [0.15, 0.2) is 39.0 Å². The topological polar surface area (TPSA) is 86.2 Å². The third-order valence-electron chi connectivity index (χ3n) is 4.51. The lowest BCUT2D eigenvalue weighted by Crippen LogP contribution is -2.37. The SMILES string of the molecule is C/C(CCc1ccc(Cl)cc1)=N/Nc1nc2c(c(=O)n(C)c(=O)n2C)n1C. The average molecular weight is 389 g/mol. The molecule has 9 heteroatoms. The molecule has 142 valence electrons. The van der Waals surface area contributed by atoms with E-state index in [-0.39, 0.29) is 5.56 Å². The lowest BCUT2D eigenvalue weighted by molar-refractivity contribution is 0.705. The summed E-state index contributed by atoms with van der Waals surface area (Å²) >= 11 is 5.89. The van der Waals surface area contributed by atoms with E-state index in [0.29, 0.717) is 22.1 Å². The van der Waals surface area contributed by atoms with Gasteiger partial charge < -0.3 is 4.57 Å². The molecule has 3 aromatic rings. The lowest BCUT2D eigenvalue weighted by Gasteiger charge is -2.04. The number of rotatable bonds is 5. The van der Waals surface area contributed by atoms with Gasteiger partial charge in [-0.05, 0) is 37.5 Å². The van der Waals surface area contributed by atoms with Crippen LogP contribution in [-0.4, -0.2) is 24.4 Å². The van der Waals surface area contributed by atoms with Gasteiger partial charge in [0.15, 0.2) is 11.2 Å². The highest BCUT2D eigenvalue weighted by Crippen LogP contribution is 2.14. The van der Waals surface area contributed by atoms with Gasteiger partial charge in [-0.3, -0.25) is 13.9 Å². The highest BCUT2D eigenvalue weighted by molar-refractivity contribution is 6.30. The Morgan fingerprint density at radius 3 is 2.44 bits per heavy atom. The summed E-state index contributed by atoms with van der Waals surface area (Å²) < 4.78 is 4.01. The summed E-state index contributed by atoms with van der Waals surface area (Å²) in [4.78, 5) is 28.8. The van der Waals surface area contributed by atoms with Crippen LogP contribution >= 0.6 is 11.6 Å². The second kappa shape index (κ2) is 7.40. The zero-order valence-electron chi connectivity index (χ0n) is 15.7. The first-order valence-electron chi connectivity index (χ1n) is 8.45. The van der Waals surface area contributed by atoms with Crippen LogP contribution < -0.4 is 16.7 Å². The Labute approximate surface area is 160 Å². The summed E-state index contributed by atoms with van der Waals surface area (Å²) in [5, 5.41) is 5.06. The zero-order valence-corrected chi connectivity index (χ0v) is 16.4. The predicted molar refractivity (Wildman–Crippen MR) is 108 cm³/mol. The molecule has 0 amide bonds. The number of benzene rings is 1. The third kappa shape index (κ3) is 3.66. The Morgan fingerprint density at radius 2 is 1.78 bits per heavy atom. The number of hydrazone groups is 1. The molecule has 0 aliphatic rings. The minimum absolute atomic E-state index is 0.321. The molecule has 0 saturated heterocycles. The molecule has 2 aromatic heterocycles. The van der Waals surface area contributed by atoms with Crippen LogP contribution in [0.2, 0.25) is 5.02 Å². The molecule has 0 radical (unpaired) electrons. The first-order valence-corrected chi connectivity index (χ1v) is 8.83. The summed E-state index contributed by atoms with van der Waals surface area (Å²) in [6.07, 6.45) is 1.60.